The first-order valence-corrected chi connectivity index (χ1v) is 9.74. The number of furan rings is 1. The van der Waals surface area contributed by atoms with E-state index in [0.717, 1.165) is 5.01 Å². The second-order valence-corrected chi connectivity index (χ2v) is 7.98. The van der Waals surface area contributed by atoms with E-state index in [1.54, 1.807) is 36.5 Å². The average molecular weight is 414 g/mol. The molecule has 1 aromatic carbocycles. The van der Waals surface area contributed by atoms with Crippen molar-refractivity contribution in [3.05, 3.63) is 64.2 Å². The van der Waals surface area contributed by atoms with Crippen LogP contribution in [0, 0.1) is 0 Å². The number of thioether (sulfide) groups is 1. The van der Waals surface area contributed by atoms with Crippen molar-refractivity contribution in [2.24, 2.45) is 0 Å². The Morgan fingerprint density at radius 2 is 2.00 bits per heavy atom. The van der Waals surface area contributed by atoms with Crippen molar-refractivity contribution in [1.29, 1.82) is 0 Å². The number of carboxylic acids is 1. The first-order chi connectivity index (χ1) is 13.0. The third kappa shape index (κ3) is 3.44. The molecule has 2 aromatic heterocycles. The fourth-order valence-corrected chi connectivity index (χ4v) is 4.34. The van der Waals surface area contributed by atoms with E-state index >= 15 is 0 Å². The summed E-state index contributed by atoms with van der Waals surface area (Å²) in [5, 5.41) is 11.6. The molecule has 0 atom stereocenters. The lowest BCUT2D eigenvalue weighted by Gasteiger charge is -2.14. The Kier molecular flexibility index (Phi) is 4.65. The smallest absolute Gasteiger partial charge is 0.335 e. The Hall–Kier alpha value is -2.75. The lowest BCUT2D eigenvalue weighted by Crippen LogP contribution is -2.27. The molecule has 1 aliphatic rings. The van der Waals surface area contributed by atoms with Crippen LogP contribution in [0.1, 0.15) is 16.1 Å². The largest absolute Gasteiger partial charge is 0.478 e. The van der Waals surface area contributed by atoms with Gasteiger partial charge in [0.25, 0.3) is 5.91 Å². The predicted octanol–water partition coefficient (Wildman–Crippen LogP) is 4.51. The van der Waals surface area contributed by atoms with E-state index < -0.39 is 5.97 Å². The van der Waals surface area contributed by atoms with Crippen molar-refractivity contribution in [1.82, 2.24) is 4.98 Å². The lowest BCUT2D eigenvalue weighted by molar-refractivity contribution is -0.113. The van der Waals surface area contributed by atoms with E-state index in [0.29, 0.717) is 26.4 Å². The van der Waals surface area contributed by atoms with Gasteiger partial charge in [0.1, 0.15) is 5.76 Å². The summed E-state index contributed by atoms with van der Waals surface area (Å²) in [6.45, 7) is 0. The summed E-state index contributed by atoms with van der Waals surface area (Å²) in [6.07, 6.45) is 3.34. The topological polar surface area (TPSA) is 83.6 Å². The molecule has 0 aliphatic carbocycles. The maximum Gasteiger partial charge on any atom is 0.335 e. The van der Waals surface area contributed by atoms with Crippen molar-refractivity contribution in [2.75, 3.05) is 4.90 Å². The molecule has 1 saturated heterocycles. The van der Waals surface area contributed by atoms with Gasteiger partial charge >= 0.3 is 5.97 Å². The maximum atomic E-state index is 12.8. The minimum absolute atomic E-state index is 0.144. The fraction of sp³-hybridized carbons (Fsp3) is 0. The molecule has 0 saturated carbocycles. The highest BCUT2D eigenvalue weighted by Gasteiger charge is 2.33. The van der Waals surface area contributed by atoms with Gasteiger partial charge in [-0.15, -0.1) is 11.3 Å². The highest BCUT2D eigenvalue weighted by molar-refractivity contribution is 8.27. The van der Waals surface area contributed by atoms with Gasteiger partial charge in [-0.05, 0) is 36.4 Å². The van der Waals surface area contributed by atoms with E-state index in [4.69, 9.17) is 21.7 Å². The molecular formula is C18H10N2O4S3. The van der Waals surface area contributed by atoms with Crippen molar-refractivity contribution >= 4 is 63.3 Å². The van der Waals surface area contributed by atoms with Gasteiger partial charge in [0, 0.05) is 17.7 Å². The highest BCUT2D eigenvalue weighted by Crippen LogP contribution is 2.36. The second kappa shape index (κ2) is 7.10. The number of thiazole rings is 1. The molecule has 0 radical (unpaired) electrons. The van der Waals surface area contributed by atoms with Gasteiger partial charge in [0.2, 0.25) is 0 Å². The molecule has 9 heteroatoms. The molecule has 3 heterocycles. The number of amides is 1. The molecular weight excluding hydrogens is 404 g/mol. The molecule has 0 unspecified atom stereocenters. The number of rotatable bonds is 4. The summed E-state index contributed by atoms with van der Waals surface area (Å²) in [7, 11) is 0. The molecule has 1 fully saturated rings. The number of carbonyl (C=O) groups excluding carboxylic acids is 1. The van der Waals surface area contributed by atoms with Gasteiger partial charge in [0.15, 0.2) is 15.1 Å². The van der Waals surface area contributed by atoms with Gasteiger partial charge in [-0.2, -0.15) is 0 Å². The van der Waals surface area contributed by atoms with Crippen molar-refractivity contribution in [3.8, 4) is 10.8 Å². The zero-order valence-electron chi connectivity index (χ0n) is 13.5. The molecule has 1 N–H and O–H groups in total. The Morgan fingerprint density at radius 1 is 1.22 bits per heavy atom. The van der Waals surface area contributed by atoms with Crippen molar-refractivity contribution < 1.29 is 19.1 Å². The summed E-state index contributed by atoms with van der Waals surface area (Å²) in [5.41, 5.74) is 0.666. The Bertz CT molecular complexity index is 1070. The summed E-state index contributed by atoms with van der Waals surface area (Å²) >= 11 is 7.95. The van der Waals surface area contributed by atoms with Gasteiger partial charge in [-0.3, -0.25) is 9.69 Å². The van der Waals surface area contributed by atoms with E-state index in [-0.39, 0.29) is 11.5 Å². The lowest BCUT2D eigenvalue weighted by atomic mass is 10.2. The molecule has 6 nitrogen and oxygen atoms in total. The number of benzene rings is 1. The molecule has 27 heavy (non-hydrogen) atoms. The fourth-order valence-electron chi connectivity index (χ4n) is 2.46. The van der Waals surface area contributed by atoms with Crippen LogP contribution in [0.15, 0.2) is 57.3 Å². The third-order valence-electron chi connectivity index (χ3n) is 3.71. The maximum absolute atomic E-state index is 12.8. The Morgan fingerprint density at radius 3 is 2.67 bits per heavy atom. The average Bonchev–Trinajstić information content (AvgIpc) is 3.37. The SMILES string of the molecule is O=C(O)c1ccc(N2C(=O)/C(=C\c3ccc(-c4nccs4)o3)SC2=S)cc1. The number of aromatic carboxylic acids is 1. The standard InChI is InChI=1S/C18H10N2O4S3/c21-16-14(9-12-5-6-13(24-12)15-19-7-8-26-15)27-18(25)20(16)11-3-1-10(2-4-11)17(22)23/h1-9H,(H,22,23)/b14-9+. The number of anilines is 1. The number of thiocarbonyl (C=S) groups is 1. The zero-order chi connectivity index (χ0) is 19.0. The van der Waals surface area contributed by atoms with Crippen LogP contribution >= 0.6 is 35.3 Å². The number of aromatic nitrogens is 1. The molecule has 3 aromatic rings. The third-order valence-corrected chi connectivity index (χ3v) is 5.80. The summed E-state index contributed by atoms with van der Waals surface area (Å²) < 4.78 is 6.11. The zero-order valence-corrected chi connectivity index (χ0v) is 15.9. The quantitative estimate of drug-likeness (QED) is 0.497. The number of carboxylic acid groups (broad SMARTS) is 1. The number of hydrogen-bond donors (Lipinski definition) is 1. The van der Waals surface area contributed by atoms with E-state index in [1.165, 1.54) is 40.1 Å². The van der Waals surface area contributed by atoms with Crippen molar-refractivity contribution in [3.63, 3.8) is 0 Å². The van der Waals surface area contributed by atoms with Crippen LogP contribution in [0.25, 0.3) is 16.8 Å². The van der Waals surface area contributed by atoms with Crippen LogP contribution in [0.4, 0.5) is 5.69 Å². The Labute approximate surface area is 167 Å². The molecule has 134 valence electrons. The summed E-state index contributed by atoms with van der Waals surface area (Å²) in [4.78, 5) is 29.7. The van der Waals surface area contributed by atoms with E-state index in [2.05, 4.69) is 4.98 Å². The molecule has 1 amide bonds. The summed E-state index contributed by atoms with van der Waals surface area (Å²) in [6, 6.07) is 9.57. The number of nitrogens with zero attached hydrogens (tertiary/aromatic N) is 2. The van der Waals surface area contributed by atoms with Gasteiger partial charge in [-0.1, -0.05) is 24.0 Å². The predicted molar refractivity (Wildman–Crippen MR) is 109 cm³/mol. The molecule has 4 rings (SSSR count). The number of hydrogen-bond acceptors (Lipinski definition) is 7. The van der Waals surface area contributed by atoms with Crippen LogP contribution in [0.2, 0.25) is 0 Å². The van der Waals surface area contributed by atoms with Crippen LogP contribution < -0.4 is 4.90 Å². The first kappa shape index (κ1) is 17.7. The van der Waals surface area contributed by atoms with Crippen molar-refractivity contribution in [2.45, 2.75) is 0 Å². The number of carbonyl (C=O) groups is 2. The van der Waals surface area contributed by atoms with Crippen LogP contribution in [0.5, 0.6) is 0 Å². The highest BCUT2D eigenvalue weighted by atomic mass is 32.2. The molecule has 1 aliphatic heterocycles. The van der Waals surface area contributed by atoms with E-state index in [9.17, 15) is 9.59 Å². The minimum Gasteiger partial charge on any atom is -0.478 e. The molecule has 0 spiro atoms. The van der Waals surface area contributed by atoms with Gasteiger partial charge in [0.05, 0.1) is 16.2 Å². The van der Waals surface area contributed by atoms with Crippen LogP contribution in [0.3, 0.4) is 0 Å². The molecule has 0 bridgehead atoms. The Balaban J connectivity index is 1.59. The first-order valence-electron chi connectivity index (χ1n) is 7.64. The monoisotopic (exact) mass is 414 g/mol. The van der Waals surface area contributed by atoms with Crippen LogP contribution in [-0.4, -0.2) is 26.3 Å². The minimum atomic E-state index is -1.03. The van der Waals surface area contributed by atoms with Crippen LogP contribution in [-0.2, 0) is 4.79 Å². The van der Waals surface area contributed by atoms with E-state index in [1.807, 2.05) is 5.38 Å². The van der Waals surface area contributed by atoms with Gasteiger partial charge in [-0.25, -0.2) is 9.78 Å². The summed E-state index contributed by atoms with van der Waals surface area (Å²) in [5.74, 6) is -0.140. The van der Waals surface area contributed by atoms with Gasteiger partial charge < -0.3 is 9.52 Å². The normalized spacial score (nSPS) is 15.7. The second-order valence-electron chi connectivity index (χ2n) is 5.41.